The minimum absolute atomic E-state index is 0.0223. The van der Waals surface area contributed by atoms with Gasteiger partial charge in [-0.25, -0.2) is 22.8 Å². The molecule has 0 radical (unpaired) electrons. The van der Waals surface area contributed by atoms with Gasteiger partial charge in [-0.05, 0) is 31.0 Å². The van der Waals surface area contributed by atoms with Crippen molar-refractivity contribution >= 4 is 38.7 Å². The molecular weight excluding hydrogens is 493 g/mol. The molecule has 1 aliphatic heterocycles. The van der Waals surface area contributed by atoms with Gasteiger partial charge in [0.1, 0.15) is 23.7 Å². The predicted octanol–water partition coefficient (Wildman–Crippen LogP) is 3.35. The lowest BCUT2D eigenvalue weighted by atomic mass is 9.95. The molecule has 2 aromatic rings. The maximum Gasteiger partial charge on any atom is 0.353 e. The zero-order valence-electron chi connectivity index (χ0n) is 20.1. The van der Waals surface area contributed by atoms with Gasteiger partial charge in [-0.15, -0.1) is 0 Å². The van der Waals surface area contributed by atoms with Crippen LogP contribution < -0.4 is 16.0 Å². The molecule has 36 heavy (non-hydrogen) atoms. The molecule has 0 amide bonds. The number of anilines is 3. The zero-order valence-corrected chi connectivity index (χ0v) is 21.0. The van der Waals surface area contributed by atoms with E-state index in [0.717, 1.165) is 18.6 Å². The Kier molecular flexibility index (Phi) is 8.07. The van der Waals surface area contributed by atoms with Gasteiger partial charge in [0, 0.05) is 31.2 Å². The third kappa shape index (κ3) is 6.24. The van der Waals surface area contributed by atoms with E-state index in [2.05, 4.69) is 27.0 Å². The summed E-state index contributed by atoms with van der Waals surface area (Å²) in [5, 5.41) is 18.4. The van der Waals surface area contributed by atoms with Gasteiger partial charge in [-0.2, -0.15) is 0 Å². The van der Waals surface area contributed by atoms with E-state index in [1.807, 2.05) is 13.8 Å². The number of halogens is 1. The fourth-order valence-corrected chi connectivity index (χ4v) is 4.15. The average molecular weight is 522 g/mol. The third-order valence-electron chi connectivity index (χ3n) is 5.72. The van der Waals surface area contributed by atoms with Crippen LogP contribution in [0.15, 0.2) is 46.9 Å². The summed E-state index contributed by atoms with van der Waals surface area (Å²) in [6, 6.07) is 3.22. The van der Waals surface area contributed by atoms with E-state index in [1.54, 1.807) is 4.90 Å². The number of nitrogens with zero attached hydrogens (tertiary/aromatic N) is 5. The molecule has 0 atom stereocenters. The molecule has 0 unspecified atom stereocenters. The van der Waals surface area contributed by atoms with Gasteiger partial charge in [0.25, 0.3) is 0 Å². The highest BCUT2D eigenvalue weighted by Gasteiger charge is 2.31. The second kappa shape index (κ2) is 10.8. The van der Waals surface area contributed by atoms with Crippen LogP contribution in [0, 0.1) is 27.8 Å². The summed E-state index contributed by atoms with van der Waals surface area (Å²) in [5.74, 6) is -0.203. The Hall–Kier alpha value is -3.81. The summed E-state index contributed by atoms with van der Waals surface area (Å²) >= 11 is 0. The van der Waals surface area contributed by atoms with Crippen molar-refractivity contribution in [2.24, 2.45) is 22.7 Å². The Morgan fingerprint density at radius 2 is 2.03 bits per heavy atom. The van der Waals surface area contributed by atoms with E-state index in [9.17, 15) is 22.9 Å². The number of benzene rings is 1. The van der Waals surface area contributed by atoms with Crippen molar-refractivity contribution in [3.05, 3.63) is 52.8 Å². The lowest BCUT2D eigenvalue weighted by Crippen LogP contribution is -2.35. The second-order valence-electron chi connectivity index (χ2n) is 8.68. The SMILES string of the molecule is C=C(O/N=C(\N)C(C)C)C1CCN(c2ncnc(Nc3ccc(S(C)(=O)=O)cc3F)c2[N+](=O)[O-])CC1. The largest absolute Gasteiger partial charge is 0.384 e. The lowest BCUT2D eigenvalue weighted by molar-refractivity contribution is -0.383. The van der Waals surface area contributed by atoms with Crippen molar-refractivity contribution in [2.45, 2.75) is 31.6 Å². The van der Waals surface area contributed by atoms with Crippen LogP contribution in [0.4, 0.5) is 27.4 Å². The van der Waals surface area contributed by atoms with Gasteiger partial charge in [-0.3, -0.25) is 10.1 Å². The highest BCUT2D eigenvalue weighted by molar-refractivity contribution is 7.90. The molecule has 1 fully saturated rings. The Balaban J connectivity index is 1.78. The molecule has 1 aromatic carbocycles. The molecule has 0 spiro atoms. The van der Waals surface area contributed by atoms with Crippen LogP contribution in [0.25, 0.3) is 0 Å². The Bertz CT molecular complexity index is 1290. The first kappa shape index (κ1) is 26.8. The standard InChI is InChI=1S/C22H28FN7O5S/c1-13(2)20(24)28-35-14(3)15-7-9-29(10-8-15)22-19(30(31)32)21(25-12-26-22)27-18-6-5-16(11-17(18)23)36(4,33)34/h5-6,11-13,15H,3,7-10H2,1-2,4H3,(H2,24,28)(H,25,26,27). The second-order valence-corrected chi connectivity index (χ2v) is 10.7. The highest BCUT2D eigenvalue weighted by atomic mass is 32.2. The van der Waals surface area contributed by atoms with Crippen LogP contribution in [0.3, 0.4) is 0 Å². The minimum Gasteiger partial charge on any atom is -0.384 e. The lowest BCUT2D eigenvalue weighted by Gasteiger charge is -2.32. The van der Waals surface area contributed by atoms with Gasteiger partial charge in [-0.1, -0.05) is 25.6 Å². The van der Waals surface area contributed by atoms with E-state index in [1.165, 1.54) is 12.1 Å². The van der Waals surface area contributed by atoms with Crippen molar-refractivity contribution in [1.29, 1.82) is 0 Å². The number of amidine groups is 1. The maximum absolute atomic E-state index is 14.5. The van der Waals surface area contributed by atoms with Gasteiger partial charge >= 0.3 is 5.69 Å². The summed E-state index contributed by atoms with van der Waals surface area (Å²) in [6.45, 7) is 8.55. The van der Waals surface area contributed by atoms with E-state index in [-0.39, 0.29) is 34.1 Å². The number of nitrogens with one attached hydrogen (secondary N) is 1. The monoisotopic (exact) mass is 521 g/mol. The quantitative estimate of drug-likeness (QED) is 0.164. The predicted molar refractivity (Wildman–Crippen MR) is 133 cm³/mol. The molecule has 12 nitrogen and oxygen atoms in total. The summed E-state index contributed by atoms with van der Waals surface area (Å²) in [6.07, 6.45) is 3.27. The number of nitrogens with two attached hydrogens (primary N) is 1. The van der Waals surface area contributed by atoms with Gasteiger partial charge in [0.15, 0.2) is 9.84 Å². The molecule has 1 aromatic heterocycles. The van der Waals surface area contributed by atoms with Crippen LogP contribution in [0.1, 0.15) is 26.7 Å². The average Bonchev–Trinajstić information content (AvgIpc) is 2.82. The topological polar surface area (TPSA) is 166 Å². The first-order valence-corrected chi connectivity index (χ1v) is 13.0. The van der Waals surface area contributed by atoms with E-state index >= 15 is 0 Å². The molecule has 1 saturated heterocycles. The van der Waals surface area contributed by atoms with Crippen molar-refractivity contribution in [3.63, 3.8) is 0 Å². The van der Waals surface area contributed by atoms with Crippen LogP contribution >= 0.6 is 0 Å². The molecule has 194 valence electrons. The molecular formula is C22H28FN7O5S. The summed E-state index contributed by atoms with van der Waals surface area (Å²) in [5.41, 5.74) is 5.20. The van der Waals surface area contributed by atoms with Gasteiger partial charge < -0.3 is 20.8 Å². The van der Waals surface area contributed by atoms with Crippen LogP contribution in [-0.2, 0) is 14.7 Å². The molecule has 0 aliphatic carbocycles. The Labute approximate surface area is 208 Å². The number of allylic oxidation sites excluding steroid dienone is 1. The number of nitro groups is 1. The first-order valence-electron chi connectivity index (χ1n) is 11.1. The molecule has 0 bridgehead atoms. The number of sulfone groups is 1. The minimum atomic E-state index is -3.62. The van der Waals surface area contributed by atoms with Gasteiger partial charge in [0.2, 0.25) is 11.6 Å². The van der Waals surface area contributed by atoms with E-state index < -0.39 is 26.3 Å². The fourth-order valence-electron chi connectivity index (χ4n) is 3.52. The van der Waals surface area contributed by atoms with Crippen molar-refractivity contribution in [2.75, 3.05) is 29.6 Å². The normalized spacial score (nSPS) is 15.1. The van der Waals surface area contributed by atoms with E-state index in [0.29, 0.717) is 37.5 Å². The van der Waals surface area contributed by atoms with Crippen molar-refractivity contribution < 1.29 is 22.6 Å². The molecule has 1 aliphatic rings. The van der Waals surface area contributed by atoms with Crippen LogP contribution in [0.2, 0.25) is 0 Å². The molecule has 3 N–H and O–H groups in total. The Morgan fingerprint density at radius 1 is 1.36 bits per heavy atom. The Morgan fingerprint density at radius 3 is 2.58 bits per heavy atom. The molecule has 3 rings (SSSR count). The smallest absolute Gasteiger partial charge is 0.353 e. The van der Waals surface area contributed by atoms with Gasteiger partial charge in [0.05, 0.1) is 15.5 Å². The van der Waals surface area contributed by atoms with E-state index in [4.69, 9.17) is 10.6 Å². The maximum atomic E-state index is 14.5. The molecule has 2 heterocycles. The van der Waals surface area contributed by atoms with Crippen molar-refractivity contribution in [1.82, 2.24) is 9.97 Å². The number of rotatable bonds is 9. The van der Waals surface area contributed by atoms with Crippen LogP contribution in [-0.4, -0.2) is 48.5 Å². The highest BCUT2D eigenvalue weighted by Crippen LogP contribution is 2.37. The number of oxime groups is 1. The molecule has 14 heteroatoms. The van der Waals surface area contributed by atoms with Crippen LogP contribution in [0.5, 0.6) is 0 Å². The number of piperidine rings is 1. The summed E-state index contributed by atoms with van der Waals surface area (Å²) in [7, 11) is -3.62. The summed E-state index contributed by atoms with van der Waals surface area (Å²) < 4.78 is 37.8. The number of hydrogen-bond acceptors (Lipinski definition) is 10. The number of hydrogen-bond donors (Lipinski definition) is 2. The summed E-state index contributed by atoms with van der Waals surface area (Å²) in [4.78, 5) is 26.2. The first-order chi connectivity index (χ1) is 16.9. The fraction of sp³-hybridized carbons (Fsp3) is 0.409. The number of aromatic nitrogens is 2. The third-order valence-corrected chi connectivity index (χ3v) is 6.83. The molecule has 0 saturated carbocycles. The van der Waals surface area contributed by atoms with Crippen molar-refractivity contribution in [3.8, 4) is 0 Å². The zero-order chi connectivity index (χ0) is 26.6.